The van der Waals surface area contributed by atoms with Gasteiger partial charge in [-0.2, -0.15) is 0 Å². The molecule has 2 N–H and O–H groups in total. The molecule has 4 nitrogen and oxygen atoms in total. The maximum Gasteiger partial charge on any atom is 0.253 e. The molecule has 1 atom stereocenters. The second-order valence-corrected chi connectivity index (χ2v) is 5.90. The maximum absolute atomic E-state index is 12.2. The fraction of sp³-hybridized carbons (Fsp3) is 0.286. The van der Waals surface area contributed by atoms with Gasteiger partial charge in [0.1, 0.15) is 5.82 Å². The number of carbonyl (C=O) groups is 1. The summed E-state index contributed by atoms with van der Waals surface area (Å²) in [6.07, 6.45) is 2.29. The van der Waals surface area contributed by atoms with Crippen LogP contribution in [0.1, 0.15) is 22.2 Å². The number of amides is 1. The largest absolute Gasteiger partial charge is 0.373 e. The fourth-order valence-electron chi connectivity index (χ4n) is 1.83. The standard InChI is InChI=1S/C14H16ClN3OS/c1-9(6-10-4-3-5-20-10)18-14(19)11-7-13(16-2)17-8-12(11)15/h3-5,7-9H,6H2,1-2H3,(H,16,17)(H,18,19). The summed E-state index contributed by atoms with van der Waals surface area (Å²) in [5, 5.41) is 8.23. The van der Waals surface area contributed by atoms with Gasteiger partial charge in [0.2, 0.25) is 0 Å². The molecule has 0 fully saturated rings. The van der Waals surface area contributed by atoms with Gasteiger partial charge in [0.05, 0.1) is 10.6 Å². The normalized spacial score (nSPS) is 11.9. The van der Waals surface area contributed by atoms with Crippen molar-refractivity contribution in [1.82, 2.24) is 10.3 Å². The first-order valence-corrected chi connectivity index (χ1v) is 7.52. The minimum absolute atomic E-state index is 0.0448. The number of rotatable bonds is 5. The average Bonchev–Trinajstić information content (AvgIpc) is 2.91. The van der Waals surface area contributed by atoms with E-state index in [1.807, 2.05) is 18.4 Å². The van der Waals surface area contributed by atoms with Gasteiger partial charge in [-0.05, 0) is 24.4 Å². The third-order valence-electron chi connectivity index (χ3n) is 2.82. The number of aromatic nitrogens is 1. The van der Waals surface area contributed by atoms with Crippen LogP contribution in [0.25, 0.3) is 0 Å². The van der Waals surface area contributed by atoms with Gasteiger partial charge in [-0.3, -0.25) is 4.79 Å². The molecule has 2 aromatic heterocycles. The van der Waals surface area contributed by atoms with E-state index in [2.05, 4.69) is 21.7 Å². The highest BCUT2D eigenvalue weighted by Gasteiger charge is 2.14. The molecule has 2 rings (SSSR count). The Hall–Kier alpha value is -1.59. The van der Waals surface area contributed by atoms with Crippen molar-refractivity contribution in [2.75, 3.05) is 12.4 Å². The van der Waals surface area contributed by atoms with E-state index in [1.165, 1.54) is 11.1 Å². The van der Waals surface area contributed by atoms with Crippen molar-refractivity contribution in [3.63, 3.8) is 0 Å². The number of nitrogens with one attached hydrogen (secondary N) is 2. The predicted molar refractivity (Wildman–Crippen MR) is 83.7 cm³/mol. The minimum Gasteiger partial charge on any atom is -0.373 e. The van der Waals surface area contributed by atoms with Crippen molar-refractivity contribution < 1.29 is 4.79 Å². The van der Waals surface area contributed by atoms with Gasteiger partial charge in [-0.1, -0.05) is 17.7 Å². The molecule has 0 spiro atoms. The lowest BCUT2D eigenvalue weighted by atomic mass is 10.2. The van der Waals surface area contributed by atoms with Crippen LogP contribution in [0.2, 0.25) is 5.02 Å². The Balaban J connectivity index is 2.04. The second-order valence-electron chi connectivity index (χ2n) is 4.46. The molecular weight excluding hydrogens is 294 g/mol. The number of pyridine rings is 1. The number of nitrogens with zero attached hydrogens (tertiary/aromatic N) is 1. The molecule has 2 heterocycles. The molecule has 0 saturated carbocycles. The molecule has 0 bridgehead atoms. The summed E-state index contributed by atoms with van der Waals surface area (Å²) in [6.45, 7) is 1.98. The fourth-order valence-corrected chi connectivity index (χ4v) is 2.86. The summed E-state index contributed by atoms with van der Waals surface area (Å²) in [7, 11) is 1.75. The Morgan fingerprint density at radius 3 is 3.00 bits per heavy atom. The lowest BCUT2D eigenvalue weighted by Gasteiger charge is -2.14. The summed E-state index contributed by atoms with van der Waals surface area (Å²) in [5.41, 5.74) is 0.434. The molecule has 1 unspecified atom stereocenters. The monoisotopic (exact) mass is 309 g/mol. The first-order chi connectivity index (χ1) is 9.60. The molecule has 0 aromatic carbocycles. The van der Waals surface area contributed by atoms with Crippen LogP contribution < -0.4 is 10.6 Å². The molecule has 0 aliphatic heterocycles. The van der Waals surface area contributed by atoms with Crippen LogP contribution in [-0.2, 0) is 6.42 Å². The highest BCUT2D eigenvalue weighted by molar-refractivity contribution is 7.09. The van der Waals surface area contributed by atoms with Crippen LogP contribution in [0.4, 0.5) is 5.82 Å². The Kier molecular flexibility index (Phi) is 4.98. The predicted octanol–water partition coefficient (Wildman–Crippen LogP) is 3.20. The van der Waals surface area contributed by atoms with Gasteiger partial charge in [-0.15, -0.1) is 11.3 Å². The summed E-state index contributed by atoms with van der Waals surface area (Å²) < 4.78 is 0. The smallest absolute Gasteiger partial charge is 0.253 e. The van der Waals surface area contributed by atoms with E-state index >= 15 is 0 Å². The van der Waals surface area contributed by atoms with Crippen molar-refractivity contribution in [3.05, 3.63) is 45.2 Å². The van der Waals surface area contributed by atoms with Crippen LogP contribution in [0.5, 0.6) is 0 Å². The number of thiophene rings is 1. The number of halogens is 1. The molecule has 0 saturated heterocycles. The van der Waals surface area contributed by atoms with Gasteiger partial charge in [0.15, 0.2) is 0 Å². The average molecular weight is 310 g/mol. The van der Waals surface area contributed by atoms with Gasteiger partial charge in [0, 0.05) is 30.6 Å². The van der Waals surface area contributed by atoms with Crippen LogP contribution in [0.15, 0.2) is 29.8 Å². The minimum atomic E-state index is -0.182. The maximum atomic E-state index is 12.2. The highest BCUT2D eigenvalue weighted by atomic mass is 35.5. The second kappa shape index (κ2) is 6.72. The molecule has 2 aromatic rings. The SMILES string of the molecule is CNc1cc(C(=O)NC(C)Cc2cccs2)c(Cl)cn1. The van der Waals surface area contributed by atoms with Crippen LogP contribution in [0.3, 0.4) is 0 Å². The first-order valence-electron chi connectivity index (χ1n) is 6.26. The van der Waals surface area contributed by atoms with E-state index in [1.54, 1.807) is 24.5 Å². The third kappa shape index (κ3) is 3.71. The van der Waals surface area contributed by atoms with Gasteiger partial charge in [-0.25, -0.2) is 4.98 Å². The summed E-state index contributed by atoms with van der Waals surface area (Å²) in [6, 6.07) is 5.76. The van der Waals surface area contributed by atoms with Crippen molar-refractivity contribution in [2.24, 2.45) is 0 Å². The molecule has 0 aliphatic rings. The Morgan fingerprint density at radius 2 is 2.35 bits per heavy atom. The number of hydrogen-bond donors (Lipinski definition) is 2. The van der Waals surface area contributed by atoms with Crippen molar-refractivity contribution in [2.45, 2.75) is 19.4 Å². The number of anilines is 1. The third-order valence-corrected chi connectivity index (χ3v) is 4.02. The summed E-state index contributed by atoms with van der Waals surface area (Å²) >= 11 is 7.71. The molecule has 1 amide bonds. The lowest BCUT2D eigenvalue weighted by molar-refractivity contribution is 0.0940. The van der Waals surface area contributed by atoms with Crippen LogP contribution in [-0.4, -0.2) is 24.0 Å². The Morgan fingerprint density at radius 1 is 1.55 bits per heavy atom. The topological polar surface area (TPSA) is 54.0 Å². The molecule has 0 aliphatic carbocycles. The molecule has 106 valence electrons. The molecule has 20 heavy (non-hydrogen) atoms. The highest BCUT2D eigenvalue weighted by Crippen LogP contribution is 2.18. The quantitative estimate of drug-likeness (QED) is 0.892. The zero-order valence-electron chi connectivity index (χ0n) is 11.3. The van der Waals surface area contributed by atoms with E-state index < -0.39 is 0 Å². The van der Waals surface area contributed by atoms with Crippen LogP contribution >= 0.6 is 22.9 Å². The summed E-state index contributed by atoms with van der Waals surface area (Å²) in [5.74, 6) is 0.434. The van der Waals surface area contributed by atoms with Gasteiger partial charge >= 0.3 is 0 Å². The number of carbonyl (C=O) groups excluding carboxylic acids is 1. The van der Waals surface area contributed by atoms with Crippen molar-refractivity contribution in [3.8, 4) is 0 Å². The zero-order chi connectivity index (χ0) is 14.5. The Labute approximate surface area is 127 Å². The summed E-state index contributed by atoms with van der Waals surface area (Å²) in [4.78, 5) is 17.5. The van der Waals surface area contributed by atoms with Crippen LogP contribution in [0, 0.1) is 0 Å². The van der Waals surface area contributed by atoms with E-state index in [4.69, 9.17) is 11.6 Å². The van der Waals surface area contributed by atoms with Gasteiger partial charge in [0.25, 0.3) is 5.91 Å². The van der Waals surface area contributed by atoms with E-state index in [0.29, 0.717) is 16.4 Å². The number of hydrogen-bond acceptors (Lipinski definition) is 4. The zero-order valence-corrected chi connectivity index (χ0v) is 12.9. The van der Waals surface area contributed by atoms with Crippen molar-refractivity contribution in [1.29, 1.82) is 0 Å². The van der Waals surface area contributed by atoms with E-state index in [-0.39, 0.29) is 11.9 Å². The van der Waals surface area contributed by atoms with Gasteiger partial charge < -0.3 is 10.6 Å². The lowest BCUT2D eigenvalue weighted by Crippen LogP contribution is -2.34. The van der Waals surface area contributed by atoms with Crippen molar-refractivity contribution >= 4 is 34.7 Å². The first kappa shape index (κ1) is 14.8. The van der Waals surface area contributed by atoms with E-state index in [9.17, 15) is 4.79 Å². The van der Waals surface area contributed by atoms with E-state index in [0.717, 1.165) is 6.42 Å². The molecular formula is C14H16ClN3OS. The Bertz CT molecular complexity index is 586. The molecule has 6 heteroatoms. The molecule has 0 radical (unpaired) electrons.